The molecule has 0 spiro atoms. The van der Waals surface area contributed by atoms with Gasteiger partial charge in [0.25, 0.3) is 0 Å². The van der Waals surface area contributed by atoms with Gasteiger partial charge in [0.2, 0.25) is 0 Å². The van der Waals surface area contributed by atoms with Gasteiger partial charge in [-0.3, -0.25) is 0 Å². The van der Waals surface area contributed by atoms with E-state index in [0.717, 1.165) is 18.9 Å². The molecular formula is C13H17F2N. The largest absolute Gasteiger partial charge is 0.382 e. The van der Waals surface area contributed by atoms with Gasteiger partial charge in [0.05, 0.1) is 0 Å². The van der Waals surface area contributed by atoms with Crippen LogP contribution in [-0.2, 0) is 0 Å². The second-order valence-electron chi connectivity index (χ2n) is 4.49. The standard InChI is InChI=1S/C13H17F2N/c14-10-7-11(15)9-13(8-10)16-12-5-3-1-2-4-6-12/h7-9,12,16H,1-6H2. The summed E-state index contributed by atoms with van der Waals surface area (Å²) in [5.74, 6) is -1.03. The predicted molar refractivity (Wildman–Crippen MR) is 61.5 cm³/mol. The Hall–Kier alpha value is -1.12. The van der Waals surface area contributed by atoms with Crippen molar-refractivity contribution in [3.63, 3.8) is 0 Å². The molecule has 1 N–H and O–H groups in total. The van der Waals surface area contributed by atoms with Gasteiger partial charge in [-0.2, -0.15) is 0 Å². The Bertz CT molecular complexity index is 324. The molecule has 0 amide bonds. The molecule has 1 fully saturated rings. The zero-order chi connectivity index (χ0) is 11.4. The maximum Gasteiger partial charge on any atom is 0.128 e. The lowest BCUT2D eigenvalue weighted by Gasteiger charge is -2.17. The van der Waals surface area contributed by atoms with E-state index >= 15 is 0 Å². The third-order valence-corrected chi connectivity index (χ3v) is 3.09. The molecule has 1 aromatic rings. The number of benzene rings is 1. The SMILES string of the molecule is Fc1cc(F)cc(NC2CCCCCC2)c1. The Kier molecular flexibility index (Phi) is 3.75. The normalized spacial score (nSPS) is 18.1. The summed E-state index contributed by atoms with van der Waals surface area (Å²) in [5, 5.41) is 3.22. The van der Waals surface area contributed by atoms with Crippen LogP contribution in [-0.4, -0.2) is 6.04 Å². The van der Waals surface area contributed by atoms with Crippen molar-refractivity contribution >= 4 is 5.69 Å². The Balaban J connectivity index is 2.01. The fourth-order valence-corrected chi connectivity index (χ4v) is 2.30. The summed E-state index contributed by atoms with van der Waals surface area (Å²) < 4.78 is 26.0. The molecule has 0 unspecified atom stereocenters. The number of halogens is 2. The quantitative estimate of drug-likeness (QED) is 0.747. The molecule has 0 heterocycles. The van der Waals surface area contributed by atoms with Crippen LogP contribution in [0.25, 0.3) is 0 Å². The smallest absolute Gasteiger partial charge is 0.128 e. The van der Waals surface area contributed by atoms with Gasteiger partial charge in [0.15, 0.2) is 0 Å². The highest BCUT2D eigenvalue weighted by molar-refractivity contribution is 5.44. The van der Waals surface area contributed by atoms with Crippen LogP contribution >= 0.6 is 0 Å². The van der Waals surface area contributed by atoms with E-state index in [4.69, 9.17) is 0 Å². The van der Waals surface area contributed by atoms with E-state index in [1.165, 1.54) is 37.8 Å². The first kappa shape index (κ1) is 11.4. The first-order chi connectivity index (χ1) is 7.74. The van der Waals surface area contributed by atoms with Crippen LogP contribution in [0, 0.1) is 11.6 Å². The molecule has 1 aromatic carbocycles. The van der Waals surface area contributed by atoms with Gasteiger partial charge in [0, 0.05) is 17.8 Å². The number of hydrogen-bond acceptors (Lipinski definition) is 1. The zero-order valence-electron chi connectivity index (χ0n) is 9.31. The molecule has 16 heavy (non-hydrogen) atoms. The second kappa shape index (κ2) is 5.28. The molecule has 0 radical (unpaired) electrons. The van der Waals surface area contributed by atoms with Gasteiger partial charge in [-0.25, -0.2) is 8.78 Å². The van der Waals surface area contributed by atoms with Gasteiger partial charge >= 0.3 is 0 Å². The summed E-state index contributed by atoms with van der Waals surface area (Å²) in [6, 6.07) is 3.98. The minimum atomic E-state index is -0.517. The van der Waals surface area contributed by atoms with Crippen molar-refractivity contribution in [1.82, 2.24) is 0 Å². The van der Waals surface area contributed by atoms with Gasteiger partial charge in [-0.15, -0.1) is 0 Å². The van der Waals surface area contributed by atoms with E-state index in [2.05, 4.69) is 5.32 Å². The average Bonchev–Trinajstić information content (AvgIpc) is 2.44. The van der Waals surface area contributed by atoms with Crippen LogP contribution in [0.3, 0.4) is 0 Å². The van der Waals surface area contributed by atoms with Gasteiger partial charge in [-0.05, 0) is 25.0 Å². The third-order valence-electron chi connectivity index (χ3n) is 3.09. The van der Waals surface area contributed by atoms with Crippen molar-refractivity contribution in [1.29, 1.82) is 0 Å². The van der Waals surface area contributed by atoms with Gasteiger partial charge in [-0.1, -0.05) is 25.7 Å². The molecule has 0 atom stereocenters. The lowest BCUT2D eigenvalue weighted by molar-refractivity contribution is 0.580. The van der Waals surface area contributed by atoms with Crippen molar-refractivity contribution in [2.24, 2.45) is 0 Å². The topological polar surface area (TPSA) is 12.0 Å². The van der Waals surface area contributed by atoms with Crippen molar-refractivity contribution < 1.29 is 8.78 Å². The Morgan fingerprint density at radius 1 is 0.875 bits per heavy atom. The highest BCUT2D eigenvalue weighted by atomic mass is 19.1. The molecular weight excluding hydrogens is 208 g/mol. The molecule has 1 aliphatic carbocycles. The molecule has 2 rings (SSSR count). The number of nitrogens with one attached hydrogen (secondary N) is 1. The van der Waals surface area contributed by atoms with Crippen molar-refractivity contribution in [2.45, 2.75) is 44.6 Å². The summed E-state index contributed by atoms with van der Waals surface area (Å²) >= 11 is 0. The Labute approximate surface area is 94.9 Å². The first-order valence-electron chi connectivity index (χ1n) is 5.97. The summed E-state index contributed by atoms with van der Waals surface area (Å²) in [4.78, 5) is 0. The molecule has 1 saturated carbocycles. The first-order valence-corrected chi connectivity index (χ1v) is 5.97. The van der Waals surface area contributed by atoms with Crippen molar-refractivity contribution in [3.05, 3.63) is 29.8 Å². The van der Waals surface area contributed by atoms with E-state index in [9.17, 15) is 8.78 Å². The average molecular weight is 225 g/mol. The van der Waals surface area contributed by atoms with Crippen LogP contribution in [0.5, 0.6) is 0 Å². The number of hydrogen-bond donors (Lipinski definition) is 1. The molecule has 0 aliphatic heterocycles. The number of rotatable bonds is 2. The van der Waals surface area contributed by atoms with E-state index < -0.39 is 11.6 Å². The van der Waals surface area contributed by atoms with Crippen molar-refractivity contribution in [3.8, 4) is 0 Å². The monoisotopic (exact) mass is 225 g/mol. The Morgan fingerprint density at radius 3 is 2.00 bits per heavy atom. The second-order valence-corrected chi connectivity index (χ2v) is 4.49. The molecule has 1 nitrogen and oxygen atoms in total. The summed E-state index contributed by atoms with van der Waals surface area (Å²) in [6.45, 7) is 0. The fourth-order valence-electron chi connectivity index (χ4n) is 2.30. The van der Waals surface area contributed by atoms with E-state index in [1.54, 1.807) is 0 Å². The summed E-state index contributed by atoms with van der Waals surface area (Å²) in [5.41, 5.74) is 0.560. The third kappa shape index (κ3) is 3.19. The zero-order valence-corrected chi connectivity index (χ0v) is 9.31. The van der Waals surface area contributed by atoms with Crippen LogP contribution < -0.4 is 5.32 Å². The number of anilines is 1. The van der Waals surface area contributed by atoms with E-state index in [-0.39, 0.29) is 0 Å². The van der Waals surface area contributed by atoms with Gasteiger partial charge in [0.1, 0.15) is 11.6 Å². The molecule has 88 valence electrons. The van der Waals surface area contributed by atoms with Gasteiger partial charge < -0.3 is 5.32 Å². The maximum atomic E-state index is 13.0. The molecule has 0 aromatic heterocycles. The summed E-state index contributed by atoms with van der Waals surface area (Å²) in [6.07, 6.45) is 7.15. The maximum absolute atomic E-state index is 13.0. The highest BCUT2D eigenvalue weighted by Crippen LogP contribution is 2.22. The summed E-state index contributed by atoms with van der Waals surface area (Å²) in [7, 11) is 0. The Morgan fingerprint density at radius 2 is 1.44 bits per heavy atom. The lowest BCUT2D eigenvalue weighted by Crippen LogP contribution is -2.18. The highest BCUT2D eigenvalue weighted by Gasteiger charge is 2.12. The van der Waals surface area contributed by atoms with Crippen LogP contribution in [0.15, 0.2) is 18.2 Å². The predicted octanol–water partition coefficient (Wildman–Crippen LogP) is 4.10. The molecule has 0 saturated heterocycles. The molecule has 3 heteroatoms. The van der Waals surface area contributed by atoms with Crippen LogP contribution in [0.1, 0.15) is 38.5 Å². The fraction of sp³-hybridized carbons (Fsp3) is 0.538. The lowest BCUT2D eigenvalue weighted by atomic mass is 10.1. The molecule has 0 bridgehead atoms. The van der Waals surface area contributed by atoms with Crippen LogP contribution in [0.2, 0.25) is 0 Å². The van der Waals surface area contributed by atoms with E-state index in [0.29, 0.717) is 11.7 Å². The minimum absolute atomic E-state index is 0.365. The van der Waals surface area contributed by atoms with Crippen LogP contribution in [0.4, 0.5) is 14.5 Å². The van der Waals surface area contributed by atoms with E-state index in [1.807, 2.05) is 0 Å². The van der Waals surface area contributed by atoms with Crippen molar-refractivity contribution in [2.75, 3.05) is 5.32 Å². The minimum Gasteiger partial charge on any atom is -0.382 e. The molecule has 1 aliphatic rings.